The average molecular weight is 333 g/mol. The lowest BCUT2D eigenvalue weighted by Crippen LogP contribution is -2.52. The van der Waals surface area contributed by atoms with Crippen LogP contribution in [-0.4, -0.2) is 59.0 Å². The van der Waals surface area contributed by atoms with Crippen molar-refractivity contribution >= 4 is 11.7 Å². The lowest BCUT2D eigenvalue weighted by atomic mass is 10.1. The summed E-state index contributed by atoms with van der Waals surface area (Å²) in [5.74, 6) is 2.32. The number of hydrogen-bond acceptors (Lipinski definition) is 5. The molecule has 1 aliphatic heterocycles. The molecular weight excluding hydrogens is 302 g/mol. The summed E-state index contributed by atoms with van der Waals surface area (Å²) in [6.07, 6.45) is 0. The maximum Gasteiger partial charge on any atom is 0.234 e. The van der Waals surface area contributed by atoms with Crippen molar-refractivity contribution in [3.8, 4) is 0 Å². The molecular formula is C18H31N5O. The van der Waals surface area contributed by atoms with Gasteiger partial charge in [-0.2, -0.15) is 0 Å². The largest absolute Gasteiger partial charge is 0.354 e. The molecule has 6 heteroatoms. The Morgan fingerprint density at radius 1 is 1.21 bits per heavy atom. The smallest absolute Gasteiger partial charge is 0.234 e. The Bertz CT molecular complexity index is 571. The second-order valence-electron chi connectivity index (χ2n) is 7.94. The number of aryl methyl sites for hydroxylation is 1. The third kappa shape index (κ3) is 5.44. The highest BCUT2D eigenvalue weighted by atomic mass is 16.2. The molecule has 1 saturated heterocycles. The van der Waals surface area contributed by atoms with Gasteiger partial charge >= 0.3 is 0 Å². The van der Waals surface area contributed by atoms with Crippen LogP contribution >= 0.6 is 0 Å². The van der Waals surface area contributed by atoms with E-state index in [-0.39, 0.29) is 11.4 Å². The molecule has 134 valence electrons. The van der Waals surface area contributed by atoms with Crippen LogP contribution in [0.1, 0.15) is 52.1 Å². The molecule has 0 aliphatic carbocycles. The van der Waals surface area contributed by atoms with Crippen LogP contribution in [-0.2, 0) is 4.79 Å². The molecule has 1 N–H and O–H groups in total. The molecule has 1 aromatic rings. The Labute approximate surface area is 145 Å². The predicted molar refractivity (Wildman–Crippen MR) is 97.4 cm³/mol. The van der Waals surface area contributed by atoms with Crippen LogP contribution in [0.15, 0.2) is 6.07 Å². The highest BCUT2D eigenvalue weighted by Gasteiger charge is 2.22. The standard InChI is InChI=1S/C18H31N5O/c1-13(2)17-19-14(3)11-15(20-17)23-9-7-22(8-10-23)12-16(24)21-18(4,5)6/h11,13H,7-10,12H2,1-6H3,(H,21,24). The van der Waals surface area contributed by atoms with Gasteiger partial charge in [-0.05, 0) is 27.7 Å². The van der Waals surface area contributed by atoms with E-state index in [4.69, 9.17) is 4.98 Å². The fourth-order valence-electron chi connectivity index (χ4n) is 2.79. The van der Waals surface area contributed by atoms with E-state index in [2.05, 4.69) is 33.9 Å². The maximum absolute atomic E-state index is 12.1. The number of carbonyl (C=O) groups is 1. The summed E-state index contributed by atoms with van der Waals surface area (Å²) in [6.45, 7) is 16.2. The molecule has 0 saturated carbocycles. The number of rotatable bonds is 4. The Balaban J connectivity index is 1.92. The highest BCUT2D eigenvalue weighted by molar-refractivity contribution is 5.78. The van der Waals surface area contributed by atoms with Crippen molar-refractivity contribution < 1.29 is 4.79 Å². The van der Waals surface area contributed by atoms with Gasteiger partial charge in [-0.1, -0.05) is 13.8 Å². The van der Waals surface area contributed by atoms with Gasteiger partial charge in [0.1, 0.15) is 11.6 Å². The summed E-state index contributed by atoms with van der Waals surface area (Å²) in [6, 6.07) is 2.05. The van der Waals surface area contributed by atoms with E-state index in [1.807, 2.05) is 33.8 Å². The second kappa shape index (κ2) is 7.47. The minimum atomic E-state index is -0.176. The van der Waals surface area contributed by atoms with Crippen LogP contribution in [0.4, 0.5) is 5.82 Å². The Morgan fingerprint density at radius 3 is 2.38 bits per heavy atom. The van der Waals surface area contributed by atoms with E-state index in [1.165, 1.54) is 0 Å². The summed E-state index contributed by atoms with van der Waals surface area (Å²) < 4.78 is 0. The second-order valence-corrected chi connectivity index (χ2v) is 7.94. The maximum atomic E-state index is 12.1. The summed E-state index contributed by atoms with van der Waals surface area (Å²) in [5.41, 5.74) is 0.834. The van der Waals surface area contributed by atoms with Gasteiger partial charge in [0.25, 0.3) is 0 Å². The van der Waals surface area contributed by atoms with Gasteiger partial charge in [0.2, 0.25) is 5.91 Å². The number of piperazine rings is 1. The van der Waals surface area contributed by atoms with Crippen molar-refractivity contribution in [2.75, 3.05) is 37.6 Å². The first-order valence-electron chi connectivity index (χ1n) is 8.78. The van der Waals surface area contributed by atoms with Gasteiger partial charge < -0.3 is 10.2 Å². The number of aromatic nitrogens is 2. The first kappa shape index (κ1) is 18.6. The molecule has 1 amide bonds. The van der Waals surface area contributed by atoms with Crippen LogP contribution in [0.3, 0.4) is 0 Å². The minimum Gasteiger partial charge on any atom is -0.354 e. The number of nitrogens with zero attached hydrogens (tertiary/aromatic N) is 4. The van der Waals surface area contributed by atoms with Crippen LogP contribution < -0.4 is 10.2 Å². The van der Waals surface area contributed by atoms with Crippen molar-refractivity contribution in [3.63, 3.8) is 0 Å². The molecule has 1 fully saturated rings. The summed E-state index contributed by atoms with van der Waals surface area (Å²) >= 11 is 0. The molecule has 2 rings (SSSR count). The van der Waals surface area contributed by atoms with Gasteiger partial charge in [-0.3, -0.25) is 9.69 Å². The summed E-state index contributed by atoms with van der Waals surface area (Å²) in [5, 5.41) is 3.02. The van der Waals surface area contributed by atoms with Crippen molar-refractivity contribution in [1.82, 2.24) is 20.2 Å². The molecule has 1 aliphatic rings. The average Bonchev–Trinajstić information content (AvgIpc) is 2.45. The molecule has 0 bridgehead atoms. The zero-order valence-electron chi connectivity index (χ0n) is 15.9. The number of nitrogens with one attached hydrogen (secondary N) is 1. The molecule has 0 aromatic carbocycles. The Kier molecular flexibility index (Phi) is 5.80. The van der Waals surface area contributed by atoms with Crippen molar-refractivity contribution in [2.45, 2.75) is 53.0 Å². The quantitative estimate of drug-likeness (QED) is 0.912. The number of hydrogen-bond donors (Lipinski definition) is 1. The Hall–Kier alpha value is -1.69. The first-order chi connectivity index (χ1) is 11.1. The van der Waals surface area contributed by atoms with E-state index < -0.39 is 0 Å². The van der Waals surface area contributed by atoms with Crippen molar-refractivity contribution in [3.05, 3.63) is 17.6 Å². The zero-order chi connectivity index (χ0) is 17.9. The van der Waals surface area contributed by atoms with Crippen molar-refractivity contribution in [1.29, 1.82) is 0 Å². The molecule has 24 heavy (non-hydrogen) atoms. The lowest BCUT2D eigenvalue weighted by molar-refractivity contribution is -0.123. The van der Waals surface area contributed by atoms with E-state index in [1.54, 1.807) is 0 Å². The fourth-order valence-corrected chi connectivity index (χ4v) is 2.79. The SMILES string of the molecule is Cc1cc(N2CCN(CC(=O)NC(C)(C)C)CC2)nc(C(C)C)n1. The zero-order valence-corrected chi connectivity index (χ0v) is 15.9. The van der Waals surface area contributed by atoms with E-state index >= 15 is 0 Å². The molecule has 0 spiro atoms. The number of anilines is 1. The third-order valence-corrected chi connectivity index (χ3v) is 3.95. The van der Waals surface area contributed by atoms with Gasteiger partial charge in [-0.15, -0.1) is 0 Å². The normalized spacial score (nSPS) is 16.5. The predicted octanol–water partition coefficient (Wildman–Crippen LogP) is 1.95. The summed E-state index contributed by atoms with van der Waals surface area (Å²) in [4.78, 5) is 25.8. The van der Waals surface area contributed by atoms with Gasteiger partial charge in [0.15, 0.2) is 0 Å². The summed E-state index contributed by atoms with van der Waals surface area (Å²) in [7, 11) is 0. The number of carbonyl (C=O) groups excluding carboxylic acids is 1. The Morgan fingerprint density at radius 2 is 1.83 bits per heavy atom. The minimum absolute atomic E-state index is 0.0934. The fraction of sp³-hybridized carbons (Fsp3) is 0.722. The van der Waals surface area contributed by atoms with Crippen LogP contribution in [0.25, 0.3) is 0 Å². The monoisotopic (exact) mass is 333 g/mol. The van der Waals surface area contributed by atoms with Gasteiger partial charge in [-0.25, -0.2) is 9.97 Å². The lowest BCUT2D eigenvalue weighted by Gasteiger charge is -2.35. The van der Waals surface area contributed by atoms with Crippen molar-refractivity contribution in [2.24, 2.45) is 0 Å². The topological polar surface area (TPSA) is 61.4 Å². The van der Waals surface area contributed by atoms with Crippen LogP contribution in [0.2, 0.25) is 0 Å². The molecule has 1 aromatic heterocycles. The van der Waals surface area contributed by atoms with Crippen LogP contribution in [0, 0.1) is 6.92 Å². The highest BCUT2D eigenvalue weighted by Crippen LogP contribution is 2.18. The van der Waals surface area contributed by atoms with Crippen LogP contribution in [0.5, 0.6) is 0 Å². The number of amides is 1. The van der Waals surface area contributed by atoms with E-state index in [0.717, 1.165) is 43.5 Å². The molecule has 0 unspecified atom stereocenters. The van der Waals surface area contributed by atoms with E-state index in [0.29, 0.717) is 12.5 Å². The first-order valence-corrected chi connectivity index (χ1v) is 8.78. The molecule has 2 heterocycles. The molecule has 0 radical (unpaired) electrons. The molecule has 0 atom stereocenters. The van der Waals surface area contributed by atoms with Gasteiger partial charge in [0.05, 0.1) is 6.54 Å². The third-order valence-electron chi connectivity index (χ3n) is 3.95. The van der Waals surface area contributed by atoms with Gasteiger partial charge in [0, 0.05) is 49.4 Å². The van der Waals surface area contributed by atoms with E-state index in [9.17, 15) is 4.79 Å². The molecule has 6 nitrogen and oxygen atoms in total.